The SMILES string of the molecule is O=Cc1ccc(N=NNc2ccccc2)cc1. The number of carbonyl (C=O) groups is 1. The number of carbonyl (C=O) groups excluding carboxylic acids is 1. The highest BCUT2D eigenvalue weighted by molar-refractivity contribution is 5.75. The van der Waals surface area contributed by atoms with Crippen molar-refractivity contribution in [1.82, 2.24) is 0 Å². The molecule has 17 heavy (non-hydrogen) atoms. The van der Waals surface area contributed by atoms with Crippen LogP contribution >= 0.6 is 0 Å². The van der Waals surface area contributed by atoms with Gasteiger partial charge >= 0.3 is 0 Å². The van der Waals surface area contributed by atoms with Crippen molar-refractivity contribution in [2.45, 2.75) is 0 Å². The van der Waals surface area contributed by atoms with Gasteiger partial charge in [-0.15, -0.1) is 5.11 Å². The number of hydrogen-bond acceptors (Lipinski definition) is 3. The van der Waals surface area contributed by atoms with E-state index in [0.717, 1.165) is 12.0 Å². The first-order chi connectivity index (χ1) is 8.38. The van der Waals surface area contributed by atoms with Gasteiger partial charge in [0.25, 0.3) is 0 Å². The van der Waals surface area contributed by atoms with Crippen molar-refractivity contribution in [3.05, 3.63) is 60.2 Å². The zero-order valence-corrected chi connectivity index (χ0v) is 9.08. The van der Waals surface area contributed by atoms with E-state index in [1.54, 1.807) is 24.3 Å². The van der Waals surface area contributed by atoms with Gasteiger partial charge in [0.2, 0.25) is 0 Å². The first-order valence-corrected chi connectivity index (χ1v) is 5.15. The molecule has 0 aromatic heterocycles. The first kappa shape index (κ1) is 11.0. The van der Waals surface area contributed by atoms with Crippen LogP contribution in [0, 0.1) is 0 Å². The van der Waals surface area contributed by atoms with E-state index in [9.17, 15) is 4.79 Å². The third kappa shape index (κ3) is 3.24. The molecule has 0 aliphatic rings. The Labute approximate surface area is 99.0 Å². The summed E-state index contributed by atoms with van der Waals surface area (Å²) in [7, 11) is 0. The third-order valence-electron chi connectivity index (χ3n) is 2.15. The number of aldehydes is 1. The van der Waals surface area contributed by atoms with Gasteiger partial charge in [-0.1, -0.05) is 23.4 Å². The highest BCUT2D eigenvalue weighted by atomic mass is 16.1. The Hall–Kier alpha value is -2.49. The molecule has 2 rings (SSSR count). The van der Waals surface area contributed by atoms with Gasteiger partial charge < -0.3 is 0 Å². The van der Waals surface area contributed by atoms with Gasteiger partial charge in [0.05, 0.1) is 11.4 Å². The summed E-state index contributed by atoms with van der Waals surface area (Å²) >= 11 is 0. The summed E-state index contributed by atoms with van der Waals surface area (Å²) < 4.78 is 0. The van der Waals surface area contributed by atoms with Crippen molar-refractivity contribution in [3.8, 4) is 0 Å². The van der Waals surface area contributed by atoms with E-state index in [1.165, 1.54) is 0 Å². The number of nitrogens with one attached hydrogen (secondary N) is 1. The first-order valence-electron chi connectivity index (χ1n) is 5.15. The molecular weight excluding hydrogens is 214 g/mol. The minimum absolute atomic E-state index is 0.625. The van der Waals surface area contributed by atoms with E-state index in [1.807, 2.05) is 30.3 Å². The highest BCUT2D eigenvalue weighted by Gasteiger charge is 1.91. The maximum Gasteiger partial charge on any atom is 0.150 e. The maximum atomic E-state index is 10.5. The van der Waals surface area contributed by atoms with Crippen LogP contribution in [0.3, 0.4) is 0 Å². The van der Waals surface area contributed by atoms with Gasteiger partial charge in [0, 0.05) is 5.56 Å². The van der Waals surface area contributed by atoms with Crippen LogP contribution in [0.25, 0.3) is 0 Å². The Morgan fingerprint density at radius 3 is 2.29 bits per heavy atom. The molecule has 4 nitrogen and oxygen atoms in total. The van der Waals surface area contributed by atoms with Crippen molar-refractivity contribution in [2.75, 3.05) is 5.43 Å². The minimum Gasteiger partial charge on any atom is -0.298 e. The van der Waals surface area contributed by atoms with E-state index >= 15 is 0 Å². The van der Waals surface area contributed by atoms with Crippen LogP contribution in [0.5, 0.6) is 0 Å². The molecule has 4 heteroatoms. The molecule has 2 aromatic carbocycles. The maximum absolute atomic E-state index is 10.5. The van der Waals surface area contributed by atoms with E-state index in [2.05, 4.69) is 15.8 Å². The summed E-state index contributed by atoms with van der Waals surface area (Å²) in [4.78, 5) is 10.5. The molecule has 0 unspecified atom stereocenters. The van der Waals surface area contributed by atoms with Crippen LogP contribution in [-0.4, -0.2) is 6.29 Å². The predicted octanol–water partition coefficient (Wildman–Crippen LogP) is 3.61. The minimum atomic E-state index is 0.625. The van der Waals surface area contributed by atoms with E-state index in [-0.39, 0.29) is 0 Å². The van der Waals surface area contributed by atoms with Gasteiger partial charge in [0.15, 0.2) is 0 Å². The molecule has 84 valence electrons. The van der Waals surface area contributed by atoms with Gasteiger partial charge in [-0.05, 0) is 36.4 Å². The average molecular weight is 225 g/mol. The number of nitrogens with zero attached hydrogens (tertiary/aromatic N) is 2. The van der Waals surface area contributed by atoms with Gasteiger partial charge in [-0.2, -0.15) is 0 Å². The summed E-state index contributed by atoms with van der Waals surface area (Å²) in [5.74, 6) is 0. The van der Waals surface area contributed by atoms with Crippen LogP contribution in [0.15, 0.2) is 64.9 Å². The molecule has 0 fully saturated rings. The molecule has 0 aliphatic heterocycles. The highest BCUT2D eigenvalue weighted by Crippen LogP contribution is 2.13. The van der Waals surface area contributed by atoms with Gasteiger partial charge in [-0.3, -0.25) is 10.2 Å². The molecule has 0 amide bonds. The lowest BCUT2D eigenvalue weighted by atomic mass is 10.2. The number of anilines is 1. The lowest BCUT2D eigenvalue weighted by Gasteiger charge is -1.97. The fourth-order valence-electron chi connectivity index (χ4n) is 1.27. The number of para-hydroxylation sites is 1. The van der Waals surface area contributed by atoms with E-state index in [0.29, 0.717) is 11.3 Å². The molecule has 0 radical (unpaired) electrons. The fraction of sp³-hybridized carbons (Fsp3) is 0. The largest absolute Gasteiger partial charge is 0.298 e. The van der Waals surface area contributed by atoms with Crippen LogP contribution in [-0.2, 0) is 0 Å². The van der Waals surface area contributed by atoms with Crippen molar-refractivity contribution in [3.63, 3.8) is 0 Å². The number of rotatable bonds is 4. The molecule has 0 saturated carbocycles. The number of benzene rings is 2. The molecule has 0 atom stereocenters. The zero-order valence-electron chi connectivity index (χ0n) is 9.08. The molecule has 0 heterocycles. The summed E-state index contributed by atoms with van der Waals surface area (Å²) in [6.07, 6.45) is 0.795. The summed E-state index contributed by atoms with van der Waals surface area (Å²) in [6, 6.07) is 16.4. The van der Waals surface area contributed by atoms with E-state index in [4.69, 9.17) is 0 Å². The lowest BCUT2D eigenvalue weighted by Crippen LogP contribution is -1.84. The van der Waals surface area contributed by atoms with Crippen LogP contribution < -0.4 is 5.43 Å². The molecule has 0 spiro atoms. The van der Waals surface area contributed by atoms with Crippen LogP contribution in [0.2, 0.25) is 0 Å². The molecule has 0 saturated heterocycles. The van der Waals surface area contributed by atoms with Crippen LogP contribution in [0.4, 0.5) is 11.4 Å². The topological polar surface area (TPSA) is 53.8 Å². The summed E-state index contributed by atoms with van der Waals surface area (Å²) in [5.41, 5.74) is 5.00. The smallest absolute Gasteiger partial charge is 0.150 e. The monoisotopic (exact) mass is 225 g/mol. The summed E-state index contributed by atoms with van der Waals surface area (Å²) in [5, 5.41) is 7.83. The Kier molecular flexibility index (Phi) is 3.60. The standard InChI is InChI=1S/C13H11N3O/c17-10-11-6-8-13(9-7-11)15-16-14-12-4-2-1-3-5-12/h1-10H,(H,14,15). The van der Waals surface area contributed by atoms with Gasteiger partial charge in [-0.25, -0.2) is 0 Å². The summed E-state index contributed by atoms with van der Waals surface area (Å²) in [6.45, 7) is 0. The molecule has 0 aliphatic carbocycles. The van der Waals surface area contributed by atoms with Crippen molar-refractivity contribution >= 4 is 17.7 Å². The number of hydrogen-bond donors (Lipinski definition) is 1. The Morgan fingerprint density at radius 2 is 1.65 bits per heavy atom. The second-order valence-electron chi connectivity index (χ2n) is 3.39. The predicted molar refractivity (Wildman–Crippen MR) is 66.4 cm³/mol. The molecule has 2 aromatic rings. The Bertz CT molecular complexity index is 506. The third-order valence-corrected chi connectivity index (χ3v) is 2.15. The second-order valence-corrected chi connectivity index (χ2v) is 3.39. The quantitative estimate of drug-likeness (QED) is 0.491. The molecular formula is C13H11N3O. The molecule has 1 N–H and O–H groups in total. The second kappa shape index (κ2) is 5.55. The lowest BCUT2D eigenvalue weighted by molar-refractivity contribution is 0.112. The van der Waals surface area contributed by atoms with Crippen molar-refractivity contribution < 1.29 is 4.79 Å². The fourth-order valence-corrected chi connectivity index (χ4v) is 1.27. The Morgan fingerprint density at radius 1 is 0.941 bits per heavy atom. The van der Waals surface area contributed by atoms with Crippen LogP contribution in [0.1, 0.15) is 10.4 Å². The average Bonchev–Trinajstić information content (AvgIpc) is 2.41. The van der Waals surface area contributed by atoms with Crippen molar-refractivity contribution in [2.24, 2.45) is 10.3 Å². The Balaban J connectivity index is 1.98. The zero-order chi connectivity index (χ0) is 11.9. The molecule has 0 bridgehead atoms. The van der Waals surface area contributed by atoms with Gasteiger partial charge in [0.1, 0.15) is 6.29 Å². The normalized spacial score (nSPS) is 10.4. The van der Waals surface area contributed by atoms with Crippen molar-refractivity contribution in [1.29, 1.82) is 0 Å². The van der Waals surface area contributed by atoms with E-state index < -0.39 is 0 Å².